The van der Waals surface area contributed by atoms with Crippen molar-refractivity contribution in [2.24, 2.45) is 0 Å². The Kier molecular flexibility index (Phi) is 4.10. The van der Waals surface area contributed by atoms with Crippen molar-refractivity contribution in [1.29, 1.82) is 0 Å². The monoisotopic (exact) mass is 353 g/mol. The Morgan fingerprint density at radius 3 is 3.00 bits per heavy atom. The summed E-state index contributed by atoms with van der Waals surface area (Å²) in [6, 6.07) is 8.55. The number of ether oxygens (including phenoxy) is 3. The maximum absolute atomic E-state index is 12.4. The molecule has 1 atom stereocenters. The maximum atomic E-state index is 12.4. The Hall–Kier alpha value is -3.62. The summed E-state index contributed by atoms with van der Waals surface area (Å²) < 4.78 is 17.8. The molecule has 1 amide bonds. The van der Waals surface area contributed by atoms with E-state index in [0.717, 1.165) is 0 Å². The van der Waals surface area contributed by atoms with E-state index in [9.17, 15) is 4.79 Å². The van der Waals surface area contributed by atoms with Gasteiger partial charge >= 0.3 is 0 Å². The van der Waals surface area contributed by atoms with Gasteiger partial charge in [0.2, 0.25) is 6.79 Å². The van der Waals surface area contributed by atoms with Gasteiger partial charge in [-0.15, -0.1) is 0 Å². The van der Waals surface area contributed by atoms with Crippen molar-refractivity contribution in [3.05, 3.63) is 49.1 Å². The Morgan fingerprint density at radius 1 is 1.27 bits per heavy atom. The summed E-state index contributed by atoms with van der Waals surface area (Å²) >= 11 is 0. The fraction of sp³-hybridized carbons (Fsp3) is 0.176. The number of hydrogen-bond donors (Lipinski definition) is 1. The van der Waals surface area contributed by atoms with E-state index in [1.807, 2.05) is 0 Å². The zero-order chi connectivity index (χ0) is 17.9. The Morgan fingerprint density at radius 2 is 2.15 bits per heavy atom. The van der Waals surface area contributed by atoms with Crippen molar-refractivity contribution in [2.75, 3.05) is 12.1 Å². The number of amides is 1. The van der Waals surface area contributed by atoms with E-state index >= 15 is 0 Å². The smallest absolute Gasteiger partial charge is 0.266 e. The van der Waals surface area contributed by atoms with Crippen LogP contribution >= 0.6 is 0 Å². The van der Waals surface area contributed by atoms with Gasteiger partial charge in [0.05, 0.1) is 0 Å². The summed E-state index contributed by atoms with van der Waals surface area (Å²) in [6.07, 6.45) is 4.01. The molecule has 9 heteroatoms. The van der Waals surface area contributed by atoms with Crippen LogP contribution < -0.4 is 19.5 Å². The van der Waals surface area contributed by atoms with Crippen molar-refractivity contribution in [2.45, 2.75) is 13.0 Å². The normalized spacial score (nSPS) is 13.3. The lowest BCUT2D eigenvalue weighted by Crippen LogP contribution is -2.30. The third-order valence-electron chi connectivity index (χ3n) is 3.67. The molecule has 1 N–H and O–H groups in total. The zero-order valence-electron chi connectivity index (χ0n) is 13.8. The molecule has 1 aliphatic heterocycles. The first kappa shape index (κ1) is 15.9. The lowest BCUT2D eigenvalue weighted by Gasteiger charge is -2.14. The van der Waals surface area contributed by atoms with Gasteiger partial charge in [0.1, 0.15) is 17.9 Å². The standard InChI is InChI=1S/C17H15N5O4/c1-11(26-12-3-4-13-14(7-12)25-10-24-13)17(23)21-15-8-16(19-9-18-15)22-6-2-5-20-22/h2-9,11H,10H2,1H3,(H,18,19,21,23). The molecule has 2 aromatic heterocycles. The highest BCUT2D eigenvalue weighted by atomic mass is 16.7. The van der Waals surface area contributed by atoms with Crippen LogP contribution in [-0.2, 0) is 4.79 Å². The third-order valence-corrected chi connectivity index (χ3v) is 3.67. The number of hydrogen-bond acceptors (Lipinski definition) is 7. The molecule has 1 unspecified atom stereocenters. The summed E-state index contributed by atoms with van der Waals surface area (Å²) in [4.78, 5) is 20.5. The molecule has 4 rings (SSSR count). The summed E-state index contributed by atoms with van der Waals surface area (Å²) in [5.41, 5.74) is 0. The number of carbonyl (C=O) groups is 1. The first-order valence-electron chi connectivity index (χ1n) is 7.88. The average Bonchev–Trinajstić information content (AvgIpc) is 3.33. The topological polar surface area (TPSA) is 100 Å². The molecule has 0 saturated carbocycles. The minimum atomic E-state index is -0.738. The third kappa shape index (κ3) is 3.27. The number of anilines is 1. The molecule has 9 nitrogen and oxygen atoms in total. The predicted octanol–water partition coefficient (Wildman–Crippen LogP) is 1.80. The summed E-state index contributed by atoms with van der Waals surface area (Å²) in [5.74, 6) is 2.32. The van der Waals surface area contributed by atoms with E-state index in [0.29, 0.717) is 28.9 Å². The molecule has 132 valence electrons. The van der Waals surface area contributed by atoms with Gasteiger partial charge in [0.15, 0.2) is 23.4 Å². The SMILES string of the molecule is CC(Oc1ccc2c(c1)OCO2)C(=O)Nc1cc(-n2cccn2)ncn1. The second-order valence-electron chi connectivity index (χ2n) is 5.48. The van der Waals surface area contributed by atoms with Gasteiger partial charge < -0.3 is 19.5 Å². The van der Waals surface area contributed by atoms with Crippen molar-refractivity contribution in [3.8, 4) is 23.1 Å². The number of carbonyl (C=O) groups excluding carboxylic acids is 1. The molecule has 0 radical (unpaired) electrons. The molecular weight excluding hydrogens is 338 g/mol. The zero-order valence-corrected chi connectivity index (χ0v) is 13.8. The number of benzene rings is 1. The van der Waals surface area contributed by atoms with E-state index in [1.54, 1.807) is 54.3 Å². The Bertz CT molecular complexity index is 929. The molecule has 26 heavy (non-hydrogen) atoms. The number of nitrogens with one attached hydrogen (secondary N) is 1. The van der Waals surface area contributed by atoms with Gasteiger partial charge in [0.25, 0.3) is 5.91 Å². The molecule has 0 fully saturated rings. The summed E-state index contributed by atoms with van der Waals surface area (Å²) in [6.45, 7) is 1.83. The molecule has 0 bridgehead atoms. The molecule has 3 heterocycles. The quantitative estimate of drug-likeness (QED) is 0.746. The van der Waals surface area contributed by atoms with Crippen LogP contribution in [0.4, 0.5) is 5.82 Å². The highest BCUT2D eigenvalue weighted by molar-refractivity contribution is 5.93. The lowest BCUT2D eigenvalue weighted by atomic mass is 10.3. The highest BCUT2D eigenvalue weighted by Crippen LogP contribution is 2.35. The molecular formula is C17H15N5O4. The molecule has 1 aliphatic rings. The van der Waals surface area contributed by atoms with Crippen LogP contribution in [0, 0.1) is 0 Å². The predicted molar refractivity (Wildman–Crippen MR) is 90.4 cm³/mol. The lowest BCUT2D eigenvalue weighted by molar-refractivity contribution is -0.122. The second-order valence-corrected chi connectivity index (χ2v) is 5.48. The first-order chi connectivity index (χ1) is 12.7. The number of fused-ring (bicyclic) bond motifs is 1. The molecule has 0 aliphatic carbocycles. The highest BCUT2D eigenvalue weighted by Gasteiger charge is 2.19. The van der Waals surface area contributed by atoms with Crippen LogP contribution in [0.25, 0.3) is 5.82 Å². The van der Waals surface area contributed by atoms with E-state index < -0.39 is 6.10 Å². The van der Waals surface area contributed by atoms with Gasteiger partial charge in [-0.25, -0.2) is 14.6 Å². The van der Waals surface area contributed by atoms with Crippen molar-refractivity contribution in [1.82, 2.24) is 19.7 Å². The van der Waals surface area contributed by atoms with Crippen molar-refractivity contribution in [3.63, 3.8) is 0 Å². The van der Waals surface area contributed by atoms with Crippen LogP contribution in [-0.4, -0.2) is 38.6 Å². The second kappa shape index (κ2) is 6.71. The fourth-order valence-corrected chi connectivity index (χ4v) is 2.38. The van der Waals surface area contributed by atoms with Gasteiger partial charge in [0, 0.05) is 24.5 Å². The number of nitrogens with zero attached hydrogens (tertiary/aromatic N) is 4. The van der Waals surface area contributed by atoms with Gasteiger partial charge in [-0.1, -0.05) is 0 Å². The van der Waals surface area contributed by atoms with Gasteiger partial charge in [-0.05, 0) is 25.1 Å². The largest absolute Gasteiger partial charge is 0.481 e. The van der Waals surface area contributed by atoms with Gasteiger partial charge in [-0.3, -0.25) is 4.79 Å². The molecule has 0 spiro atoms. The van der Waals surface area contributed by atoms with E-state index in [4.69, 9.17) is 14.2 Å². The Labute approximate surface area is 148 Å². The number of rotatable bonds is 5. The minimum absolute atomic E-state index is 0.182. The number of aromatic nitrogens is 4. The Balaban J connectivity index is 1.42. The summed E-state index contributed by atoms with van der Waals surface area (Å²) in [5, 5.41) is 6.80. The van der Waals surface area contributed by atoms with Crippen LogP contribution in [0.2, 0.25) is 0 Å². The van der Waals surface area contributed by atoms with Crippen LogP contribution in [0.15, 0.2) is 49.1 Å². The van der Waals surface area contributed by atoms with Gasteiger partial charge in [-0.2, -0.15) is 5.10 Å². The van der Waals surface area contributed by atoms with E-state index in [-0.39, 0.29) is 12.7 Å². The van der Waals surface area contributed by atoms with E-state index in [2.05, 4.69) is 20.4 Å². The van der Waals surface area contributed by atoms with Crippen molar-refractivity contribution >= 4 is 11.7 Å². The first-order valence-corrected chi connectivity index (χ1v) is 7.88. The van der Waals surface area contributed by atoms with Crippen molar-refractivity contribution < 1.29 is 19.0 Å². The molecule has 1 aromatic carbocycles. The van der Waals surface area contributed by atoms with Crippen LogP contribution in [0.5, 0.6) is 17.2 Å². The maximum Gasteiger partial charge on any atom is 0.266 e. The summed E-state index contributed by atoms with van der Waals surface area (Å²) in [7, 11) is 0. The minimum Gasteiger partial charge on any atom is -0.481 e. The van der Waals surface area contributed by atoms with E-state index in [1.165, 1.54) is 6.33 Å². The van der Waals surface area contributed by atoms with Crippen LogP contribution in [0.1, 0.15) is 6.92 Å². The van der Waals surface area contributed by atoms with Crippen LogP contribution in [0.3, 0.4) is 0 Å². The average molecular weight is 353 g/mol. The molecule has 0 saturated heterocycles. The fourth-order valence-electron chi connectivity index (χ4n) is 2.38. The molecule has 3 aromatic rings.